The fraction of sp³-hybridized carbons (Fsp3) is 0.353. The Hall–Kier alpha value is -2.61. The lowest BCUT2D eigenvalue weighted by atomic mass is 10.0. The van der Waals surface area contributed by atoms with Gasteiger partial charge in [-0.2, -0.15) is 0 Å². The smallest absolute Gasteiger partial charge is 0.307 e. The van der Waals surface area contributed by atoms with Crippen LogP contribution in [0.25, 0.3) is 0 Å². The van der Waals surface area contributed by atoms with Gasteiger partial charge < -0.3 is 10.1 Å². The second-order valence-corrected chi connectivity index (χ2v) is 6.47. The number of rotatable bonds is 8. The van der Waals surface area contributed by atoms with Crippen molar-refractivity contribution in [1.29, 1.82) is 0 Å². The van der Waals surface area contributed by atoms with Crippen LogP contribution in [0.15, 0.2) is 30.3 Å². The molecule has 1 aromatic carbocycles. The maximum absolute atomic E-state index is 12.3. The van der Waals surface area contributed by atoms with Crippen molar-refractivity contribution in [2.45, 2.75) is 39.2 Å². The highest BCUT2D eigenvalue weighted by molar-refractivity contribution is 7.15. The molecule has 0 aliphatic rings. The lowest BCUT2D eigenvalue weighted by Crippen LogP contribution is -2.27. The number of ether oxygens (including phenoxy) is 1. The Morgan fingerprint density at radius 3 is 2.48 bits per heavy atom. The van der Waals surface area contributed by atoms with Crippen LogP contribution in [0, 0.1) is 6.92 Å². The van der Waals surface area contributed by atoms with Crippen LogP contribution in [0.2, 0.25) is 0 Å². The molecule has 8 heteroatoms. The summed E-state index contributed by atoms with van der Waals surface area (Å²) in [5, 5.41) is 11.3. The second kappa shape index (κ2) is 9.03. The molecule has 1 heterocycles. The molecule has 1 amide bonds. The van der Waals surface area contributed by atoms with Crippen molar-refractivity contribution in [2.75, 3.05) is 5.32 Å². The average molecular weight is 361 g/mol. The zero-order valence-corrected chi connectivity index (χ0v) is 14.8. The number of nitrogens with one attached hydrogen (secondary N) is 1. The topological polar surface area (TPSA) is 98.2 Å². The first-order valence-electron chi connectivity index (χ1n) is 7.88. The Bertz CT molecular complexity index is 745. The molecule has 0 saturated heterocycles. The van der Waals surface area contributed by atoms with Gasteiger partial charge in [-0.25, -0.2) is 0 Å². The number of nitrogens with zero attached hydrogens (tertiary/aromatic N) is 2. The molecule has 1 atom stereocenters. The molecule has 132 valence electrons. The number of hydrogen-bond donors (Lipinski definition) is 1. The minimum absolute atomic E-state index is 0.0482. The number of aryl methyl sites for hydroxylation is 1. The zero-order valence-electron chi connectivity index (χ0n) is 14.0. The van der Waals surface area contributed by atoms with E-state index in [1.165, 1.54) is 11.3 Å². The van der Waals surface area contributed by atoms with Gasteiger partial charge >= 0.3 is 5.97 Å². The summed E-state index contributed by atoms with van der Waals surface area (Å²) >= 11 is 1.25. The molecule has 0 spiro atoms. The van der Waals surface area contributed by atoms with Crippen LogP contribution in [-0.4, -0.2) is 34.0 Å². The van der Waals surface area contributed by atoms with Gasteiger partial charge in [-0.05, 0) is 13.3 Å². The molecule has 2 rings (SSSR count). The second-order valence-electron chi connectivity index (χ2n) is 5.29. The van der Waals surface area contributed by atoms with Crippen LogP contribution < -0.4 is 5.32 Å². The number of aromatic nitrogens is 2. The summed E-state index contributed by atoms with van der Waals surface area (Å²) < 4.78 is 5.23. The number of carbonyl (C=O) groups excluding carboxylic acids is 3. The molecule has 1 aromatic heterocycles. The highest BCUT2D eigenvalue weighted by Gasteiger charge is 2.22. The van der Waals surface area contributed by atoms with Crippen LogP contribution in [0.3, 0.4) is 0 Å². The molecule has 0 aliphatic heterocycles. The lowest BCUT2D eigenvalue weighted by Gasteiger charge is -2.15. The summed E-state index contributed by atoms with van der Waals surface area (Å²) in [6, 6.07) is 8.66. The number of ketones is 1. The van der Waals surface area contributed by atoms with Crippen LogP contribution in [0.1, 0.15) is 41.6 Å². The number of anilines is 1. The lowest BCUT2D eigenvalue weighted by molar-refractivity contribution is -0.148. The van der Waals surface area contributed by atoms with Gasteiger partial charge in [-0.1, -0.05) is 48.6 Å². The van der Waals surface area contributed by atoms with Gasteiger partial charge in [0.2, 0.25) is 16.8 Å². The Labute approximate surface area is 149 Å². The molecular formula is C17H19N3O4S. The standard InChI is InChI=1S/C17H19N3O4S/c1-3-13(16(23)12-7-5-4-6-8-12)24-15(22)10-9-14(21)18-17-20-19-11(2)25-17/h4-8,13H,3,9-10H2,1-2H3,(H,18,20,21)/t13-/m1/s1. The predicted molar refractivity (Wildman–Crippen MR) is 93.5 cm³/mol. The van der Waals surface area contributed by atoms with Gasteiger partial charge in [0, 0.05) is 12.0 Å². The molecule has 0 unspecified atom stereocenters. The molecule has 0 bridgehead atoms. The number of carbonyl (C=O) groups is 3. The monoisotopic (exact) mass is 361 g/mol. The molecule has 0 aliphatic carbocycles. The molecular weight excluding hydrogens is 342 g/mol. The number of amides is 1. The van der Waals surface area contributed by atoms with E-state index in [0.29, 0.717) is 17.1 Å². The average Bonchev–Trinajstić information content (AvgIpc) is 3.02. The van der Waals surface area contributed by atoms with E-state index < -0.39 is 12.1 Å². The minimum Gasteiger partial charge on any atom is -0.454 e. The predicted octanol–water partition coefficient (Wildman–Crippen LogP) is 2.77. The maximum Gasteiger partial charge on any atom is 0.307 e. The summed E-state index contributed by atoms with van der Waals surface area (Å²) in [7, 11) is 0. The van der Waals surface area contributed by atoms with Crippen LogP contribution in [-0.2, 0) is 14.3 Å². The molecule has 7 nitrogen and oxygen atoms in total. The summed E-state index contributed by atoms with van der Waals surface area (Å²) in [6.45, 7) is 3.54. The van der Waals surface area contributed by atoms with Gasteiger partial charge in [0.25, 0.3) is 0 Å². The van der Waals surface area contributed by atoms with E-state index in [2.05, 4.69) is 15.5 Å². The molecule has 25 heavy (non-hydrogen) atoms. The number of benzene rings is 1. The number of esters is 1. The molecule has 1 N–H and O–H groups in total. The first kappa shape index (κ1) is 18.7. The maximum atomic E-state index is 12.3. The van der Waals surface area contributed by atoms with Crippen LogP contribution in [0.4, 0.5) is 5.13 Å². The van der Waals surface area contributed by atoms with Crippen LogP contribution in [0.5, 0.6) is 0 Å². The van der Waals surface area contributed by atoms with Gasteiger partial charge in [0.05, 0.1) is 6.42 Å². The van der Waals surface area contributed by atoms with Crippen molar-refractivity contribution in [2.24, 2.45) is 0 Å². The van der Waals surface area contributed by atoms with Crippen molar-refractivity contribution in [3.63, 3.8) is 0 Å². The molecule has 2 aromatic rings. The van der Waals surface area contributed by atoms with E-state index in [1.807, 2.05) is 6.07 Å². The first-order valence-corrected chi connectivity index (χ1v) is 8.70. The van der Waals surface area contributed by atoms with Gasteiger partial charge in [0.15, 0.2) is 6.10 Å². The van der Waals surface area contributed by atoms with E-state index in [1.54, 1.807) is 38.1 Å². The number of hydrogen-bond acceptors (Lipinski definition) is 7. The molecule has 0 radical (unpaired) electrons. The third-order valence-electron chi connectivity index (χ3n) is 3.32. The number of Topliss-reactive ketones (excluding diaryl/α,β-unsaturated/α-hetero) is 1. The summed E-state index contributed by atoms with van der Waals surface area (Å²) in [5.41, 5.74) is 0.492. The highest BCUT2D eigenvalue weighted by Crippen LogP contribution is 2.14. The highest BCUT2D eigenvalue weighted by atomic mass is 32.1. The largest absolute Gasteiger partial charge is 0.454 e. The van der Waals surface area contributed by atoms with Crippen molar-refractivity contribution in [1.82, 2.24) is 10.2 Å². The van der Waals surface area contributed by atoms with E-state index in [-0.39, 0.29) is 24.5 Å². The Kier molecular flexibility index (Phi) is 6.76. The molecule has 0 fully saturated rings. The van der Waals surface area contributed by atoms with E-state index in [9.17, 15) is 14.4 Å². The summed E-state index contributed by atoms with van der Waals surface area (Å²) in [4.78, 5) is 36.0. The van der Waals surface area contributed by atoms with Crippen molar-refractivity contribution in [3.05, 3.63) is 40.9 Å². The molecule has 0 saturated carbocycles. The van der Waals surface area contributed by atoms with Gasteiger partial charge in [0.1, 0.15) is 5.01 Å². The fourth-order valence-corrected chi connectivity index (χ4v) is 2.68. The fourth-order valence-electron chi connectivity index (χ4n) is 2.07. The van der Waals surface area contributed by atoms with Crippen molar-refractivity contribution in [3.8, 4) is 0 Å². The third-order valence-corrected chi connectivity index (χ3v) is 4.08. The normalized spacial score (nSPS) is 11.6. The SMILES string of the molecule is CC[C@@H](OC(=O)CCC(=O)Nc1nnc(C)s1)C(=O)c1ccccc1. The quantitative estimate of drug-likeness (QED) is 0.573. The zero-order chi connectivity index (χ0) is 18.2. The van der Waals surface area contributed by atoms with Crippen molar-refractivity contribution >= 4 is 34.1 Å². The van der Waals surface area contributed by atoms with E-state index in [0.717, 1.165) is 5.01 Å². The Morgan fingerprint density at radius 1 is 1.16 bits per heavy atom. The van der Waals surface area contributed by atoms with Gasteiger partial charge in [-0.3, -0.25) is 14.4 Å². The van der Waals surface area contributed by atoms with E-state index >= 15 is 0 Å². The van der Waals surface area contributed by atoms with E-state index in [4.69, 9.17) is 4.74 Å². The van der Waals surface area contributed by atoms with Crippen molar-refractivity contribution < 1.29 is 19.1 Å². The minimum atomic E-state index is -0.844. The van der Waals surface area contributed by atoms with Gasteiger partial charge in [-0.15, -0.1) is 10.2 Å². The Morgan fingerprint density at radius 2 is 1.88 bits per heavy atom. The summed E-state index contributed by atoms with van der Waals surface area (Å²) in [5.74, 6) is -1.18. The van der Waals surface area contributed by atoms with Crippen LogP contribution >= 0.6 is 11.3 Å². The third kappa shape index (κ3) is 5.75. The first-order chi connectivity index (χ1) is 12.0. The summed E-state index contributed by atoms with van der Waals surface area (Å²) in [6.07, 6.45) is -0.630. The Balaban J connectivity index is 1.81.